The predicted molar refractivity (Wildman–Crippen MR) is 98.3 cm³/mol. The number of methoxy groups -OCH3 is 2. The molecule has 0 fully saturated rings. The molecule has 0 aromatic heterocycles. The quantitative estimate of drug-likeness (QED) is 0.641. The van der Waals surface area contributed by atoms with Gasteiger partial charge in [0.2, 0.25) is 0 Å². The second kappa shape index (κ2) is 9.64. The number of benzene rings is 1. The van der Waals surface area contributed by atoms with Crippen LogP contribution < -0.4 is 14.8 Å². The number of rotatable bonds is 10. The standard InChI is InChI=1S/C18H26ClNO6/c1-11(2)6-7-26-15-13(19)8-12(9-14(15)25-5)16(21)20-18(3,10-24-4)17(22)23/h8-9,11H,6-7,10H2,1-5H3,(H,20,21)(H,22,23). The van der Waals surface area contributed by atoms with E-state index in [1.54, 1.807) is 0 Å². The third-order valence-corrected chi connectivity index (χ3v) is 4.01. The molecule has 0 spiro atoms. The van der Waals surface area contributed by atoms with E-state index in [0.717, 1.165) is 6.42 Å². The largest absolute Gasteiger partial charge is 0.493 e. The predicted octanol–water partition coefficient (Wildman–Crippen LogP) is 2.99. The summed E-state index contributed by atoms with van der Waals surface area (Å²) in [5, 5.41) is 12.0. The van der Waals surface area contributed by atoms with E-state index >= 15 is 0 Å². The maximum absolute atomic E-state index is 12.5. The molecular weight excluding hydrogens is 362 g/mol. The van der Waals surface area contributed by atoms with Crippen molar-refractivity contribution in [2.45, 2.75) is 32.7 Å². The van der Waals surface area contributed by atoms with Crippen LogP contribution in [0, 0.1) is 5.92 Å². The number of carbonyl (C=O) groups is 2. The van der Waals surface area contributed by atoms with Crippen molar-refractivity contribution in [2.75, 3.05) is 27.4 Å². The summed E-state index contributed by atoms with van der Waals surface area (Å²) in [5.74, 6) is -0.695. The first-order chi connectivity index (χ1) is 12.1. The Morgan fingerprint density at radius 3 is 2.46 bits per heavy atom. The highest BCUT2D eigenvalue weighted by atomic mass is 35.5. The van der Waals surface area contributed by atoms with Crippen LogP contribution in [-0.4, -0.2) is 50.0 Å². The van der Waals surface area contributed by atoms with E-state index in [2.05, 4.69) is 19.2 Å². The molecule has 0 heterocycles. The summed E-state index contributed by atoms with van der Waals surface area (Å²) in [6.45, 7) is 5.79. The Morgan fingerprint density at radius 2 is 1.96 bits per heavy atom. The molecule has 0 saturated heterocycles. The number of carboxylic acids is 1. The van der Waals surface area contributed by atoms with E-state index in [9.17, 15) is 14.7 Å². The van der Waals surface area contributed by atoms with Crippen LogP contribution in [0.1, 0.15) is 37.6 Å². The molecule has 26 heavy (non-hydrogen) atoms. The Labute approximate surface area is 158 Å². The number of nitrogens with one attached hydrogen (secondary N) is 1. The zero-order valence-electron chi connectivity index (χ0n) is 15.7. The molecule has 1 rings (SSSR count). The smallest absolute Gasteiger partial charge is 0.331 e. The third-order valence-electron chi connectivity index (χ3n) is 3.73. The molecule has 0 aliphatic rings. The molecule has 2 N–H and O–H groups in total. The average Bonchev–Trinajstić information content (AvgIpc) is 2.55. The molecule has 1 unspecified atom stereocenters. The van der Waals surface area contributed by atoms with Gasteiger partial charge in [-0.15, -0.1) is 0 Å². The van der Waals surface area contributed by atoms with E-state index in [-0.39, 0.29) is 17.2 Å². The zero-order chi connectivity index (χ0) is 19.9. The van der Waals surface area contributed by atoms with E-state index < -0.39 is 17.4 Å². The lowest BCUT2D eigenvalue weighted by atomic mass is 10.0. The van der Waals surface area contributed by atoms with Gasteiger partial charge in [-0.2, -0.15) is 0 Å². The van der Waals surface area contributed by atoms with Crippen molar-refractivity contribution in [3.8, 4) is 11.5 Å². The Morgan fingerprint density at radius 1 is 1.31 bits per heavy atom. The van der Waals surface area contributed by atoms with E-state index in [1.165, 1.54) is 33.3 Å². The van der Waals surface area contributed by atoms with Gasteiger partial charge in [0.15, 0.2) is 17.0 Å². The van der Waals surface area contributed by atoms with Crippen molar-refractivity contribution in [2.24, 2.45) is 5.92 Å². The lowest BCUT2D eigenvalue weighted by molar-refractivity contribution is -0.145. The number of ether oxygens (including phenoxy) is 3. The van der Waals surface area contributed by atoms with Crippen molar-refractivity contribution in [3.63, 3.8) is 0 Å². The summed E-state index contributed by atoms with van der Waals surface area (Å²) in [6.07, 6.45) is 0.843. The van der Waals surface area contributed by atoms with Gasteiger partial charge in [0.1, 0.15) is 0 Å². The van der Waals surface area contributed by atoms with Gasteiger partial charge < -0.3 is 24.6 Å². The van der Waals surface area contributed by atoms with Gasteiger partial charge in [-0.1, -0.05) is 25.4 Å². The van der Waals surface area contributed by atoms with Crippen LogP contribution in [0.4, 0.5) is 0 Å². The number of hydrogen-bond acceptors (Lipinski definition) is 5. The fourth-order valence-electron chi connectivity index (χ4n) is 2.15. The van der Waals surface area contributed by atoms with Crippen LogP contribution in [0.5, 0.6) is 11.5 Å². The van der Waals surface area contributed by atoms with Crippen molar-refractivity contribution < 1.29 is 28.9 Å². The van der Waals surface area contributed by atoms with Gasteiger partial charge in [-0.25, -0.2) is 4.79 Å². The molecule has 7 nitrogen and oxygen atoms in total. The molecular formula is C18H26ClNO6. The highest BCUT2D eigenvalue weighted by Crippen LogP contribution is 2.36. The Bertz CT molecular complexity index is 649. The number of halogens is 1. The van der Waals surface area contributed by atoms with Gasteiger partial charge >= 0.3 is 5.97 Å². The summed E-state index contributed by atoms with van der Waals surface area (Å²) < 4.78 is 15.8. The molecule has 0 radical (unpaired) electrons. The van der Waals surface area contributed by atoms with Gasteiger partial charge in [-0.3, -0.25) is 4.79 Å². The fourth-order valence-corrected chi connectivity index (χ4v) is 2.42. The monoisotopic (exact) mass is 387 g/mol. The summed E-state index contributed by atoms with van der Waals surface area (Å²) in [7, 11) is 2.80. The van der Waals surface area contributed by atoms with Crippen molar-refractivity contribution in [1.82, 2.24) is 5.32 Å². The fraction of sp³-hybridized carbons (Fsp3) is 0.556. The van der Waals surface area contributed by atoms with E-state index in [4.69, 9.17) is 25.8 Å². The molecule has 8 heteroatoms. The van der Waals surface area contributed by atoms with Crippen LogP contribution >= 0.6 is 11.6 Å². The molecule has 146 valence electrons. The summed E-state index contributed by atoms with van der Waals surface area (Å²) in [4.78, 5) is 23.9. The number of hydrogen-bond donors (Lipinski definition) is 2. The van der Waals surface area contributed by atoms with E-state index in [0.29, 0.717) is 24.0 Å². The Balaban J connectivity index is 3.05. The van der Waals surface area contributed by atoms with Crippen LogP contribution in [-0.2, 0) is 9.53 Å². The van der Waals surface area contributed by atoms with Crippen molar-refractivity contribution in [3.05, 3.63) is 22.7 Å². The Hall–Kier alpha value is -1.99. The molecule has 1 amide bonds. The lowest BCUT2D eigenvalue weighted by Crippen LogP contribution is -2.55. The second-order valence-corrected chi connectivity index (χ2v) is 6.95. The molecule has 0 saturated carbocycles. The summed E-state index contributed by atoms with van der Waals surface area (Å²) in [6, 6.07) is 2.88. The average molecular weight is 388 g/mol. The van der Waals surface area contributed by atoms with Crippen LogP contribution in [0.15, 0.2) is 12.1 Å². The van der Waals surface area contributed by atoms with Crippen LogP contribution in [0.25, 0.3) is 0 Å². The molecule has 0 aliphatic heterocycles. The second-order valence-electron chi connectivity index (χ2n) is 6.54. The normalized spacial score (nSPS) is 13.2. The number of carbonyl (C=O) groups excluding carboxylic acids is 1. The van der Waals surface area contributed by atoms with Crippen molar-refractivity contribution in [1.29, 1.82) is 0 Å². The molecule has 0 aliphatic carbocycles. The first-order valence-electron chi connectivity index (χ1n) is 8.19. The minimum absolute atomic E-state index is 0.159. The van der Waals surface area contributed by atoms with Crippen LogP contribution in [0.3, 0.4) is 0 Å². The minimum atomic E-state index is -1.57. The summed E-state index contributed by atoms with van der Waals surface area (Å²) in [5.41, 5.74) is -1.41. The Kier molecular flexibility index (Phi) is 8.17. The number of amides is 1. The number of carboxylic acid groups (broad SMARTS) is 1. The van der Waals surface area contributed by atoms with Crippen molar-refractivity contribution >= 4 is 23.5 Å². The molecule has 1 aromatic rings. The molecule has 0 bridgehead atoms. The highest BCUT2D eigenvalue weighted by Gasteiger charge is 2.35. The maximum atomic E-state index is 12.5. The summed E-state index contributed by atoms with van der Waals surface area (Å²) >= 11 is 6.24. The first-order valence-corrected chi connectivity index (χ1v) is 8.57. The van der Waals surface area contributed by atoms with Gasteiger partial charge in [0, 0.05) is 12.7 Å². The maximum Gasteiger partial charge on any atom is 0.331 e. The highest BCUT2D eigenvalue weighted by molar-refractivity contribution is 6.32. The third kappa shape index (κ3) is 5.78. The minimum Gasteiger partial charge on any atom is -0.493 e. The first kappa shape index (κ1) is 22.1. The number of aliphatic carboxylic acids is 1. The topological polar surface area (TPSA) is 94.1 Å². The molecule has 1 aromatic carbocycles. The van der Waals surface area contributed by atoms with Gasteiger partial charge in [-0.05, 0) is 31.4 Å². The zero-order valence-corrected chi connectivity index (χ0v) is 16.5. The van der Waals surface area contributed by atoms with Gasteiger partial charge in [0.25, 0.3) is 5.91 Å². The van der Waals surface area contributed by atoms with E-state index in [1.807, 2.05) is 0 Å². The van der Waals surface area contributed by atoms with Crippen LogP contribution in [0.2, 0.25) is 5.02 Å². The SMILES string of the molecule is COCC(C)(NC(=O)c1cc(Cl)c(OCCC(C)C)c(OC)c1)C(=O)O. The molecule has 1 atom stereocenters. The van der Waals surface area contributed by atoms with Gasteiger partial charge in [0.05, 0.1) is 25.3 Å². The lowest BCUT2D eigenvalue weighted by Gasteiger charge is -2.25.